The normalized spacial score (nSPS) is 12.0. The molecular formula is C20H27FN6. The van der Waals surface area contributed by atoms with Crippen LogP contribution in [0.3, 0.4) is 0 Å². The molecular weight excluding hydrogens is 343 g/mol. The maximum absolute atomic E-state index is 13.3. The van der Waals surface area contributed by atoms with Gasteiger partial charge in [-0.15, -0.1) is 0 Å². The minimum atomic E-state index is -0.225. The van der Waals surface area contributed by atoms with E-state index >= 15 is 0 Å². The Bertz CT molecular complexity index is 953. The molecule has 3 rings (SSSR count). The van der Waals surface area contributed by atoms with Gasteiger partial charge in [-0.25, -0.2) is 9.38 Å². The summed E-state index contributed by atoms with van der Waals surface area (Å²) in [6.45, 7) is 8.24. The zero-order chi connectivity index (χ0) is 19.4. The van der Waals surface area contributed by atoms with Gasteiger partial charge in [-0.05, 0) is 51.0 Å². The molecule has 0 spiro atoms. The summed E-state index contributed by atoms with van der Waals surface area (Å²) in [6, 6.07) is 4.84. The Balaban J connectivity index is 1.64. The zero-order valence-electron chi connectivity index (χ0n) is 16.4. The molecule has 0 saturated heterocycles. The van der Waals surface area contributed by atoms with Crippen LogP contribution in [0.2, 0.25) is 0 Å². The highest BCUT2D eigenvalue weighted by Crippen LogP contribution is 2.19. The fourth-order valence-corrected chi connectivity index (χ4v) is 3.23. The standard InChI is InChI=1S/C20H27FN6/c1-5-22-20(25-12-18-13(2)26-27(4)14(18)3)23-9-8-15-11-24-19-10-16(21)6-7-17(15)19/h6-7,10-11,24H,5,8-9,12H2,1-4H3,(H2,22,23,25). The van der Waals surface area contributed by atoms with Gasteiger partial charge >= 0.3 is 0 Å². The Kier molecular flexibility index (Phi) is 5.78. The van der Waals surface area contributed by atoms with Crippen molar-refractivity contribution in [1.29, 1.82) is 0 Å². The largest absolute Gasteiger partial charge is 0.361 e. The quantitative estimate of drug-likeness (QED) is 0.462. The van der Waals surface area contributed by atoms with Crippen molar-refractivity contribution in [2.45, 2.75) is 33.7 Å². The fraction of sp³-hybridized carbons (Fsp3) is 0.400. The molecule has 27 heavy (non-hydrogen) atoms. The van der Waals surface area contributed by atoms with E-state index in [2.05, 4.69) is 27.6 Å². The number of hydrogen-bond acceptors (Lipinski definition) is 2. The van der Waals surface area contributed by atoms with Gasteiger partial charge < -0.3 is 15.6 Å². The summed E-state index contributed by atoms with van der Waals surface area (Å²) < 4.78 is 15.2. The van der Waals surface area contributed by atoms with Crippen molar-refractivity contribution >= 4 is 16.9 Å². The molecule has 0 aliphatic carbocycles. The van der Waals surface area contributed by atoms with Crippen LogP contribution in [0.5, 0.6) is 0 Å². The van der Waals surface area contributed by atoms with Gasteiger partial charge in [0.2, 0.25) is 0 Å². The second kappa shape index (κ2) is 8.24. The number of rotatable bonds is 6. The first-order valence-electron chi connectivity index (χ1n) is 9.26. The number of halogens is 1. The Morgan fingerprint density at radius 3 is 2.81 bits per heavy atom. The first-order chi connectivity index (χ1) is 13.0. The van der Waals surface area contributed by atoms with Crippen LogP contribution in [0.25, 0.3) is 10.9 Å². The van der Waals surface area contributed by atoms with E-state index < -0.39 is 0 Å². The Morgan fingerprint density at radius 2 is 2.11 bits per heavy atom. The molecule has 1 aromatic carbocycles. The second-order valence-electron chi connectivity index (χ2n) is 6.65. The molecule has 3 aromatic rings. The summed E-state index contributed by atoms with van der Waals surface area (Å²) in [5.41, 5.74) is 5.30. The van der Waals surface area contributed by atoms with Crippen molar-refractivity contribution in [2.24, 2.45) is 12.0 Å². The van der Waals surface area contributed by atoms with Crippen LogP contribution in [0, 0.1) is 19.7 Å². The van der Waals surface area contributed by atoms with Crippen molar-refractivity contribution in [2.75, 3.05) is 13.1 Å². The topological polar surface area (TPSA) is 70.0 Å². The molecule has 0 unspecified atom stereocenters. The molecule has 0 amide bonds. The smallest absolute Gasteiger partial charge is 0.191 e. The predicted octanol–water partition coefficient (Wildman–Crippen LogP) is 2.96. The lowest BCUT2D eigenvalue weighted by Gasteiger charge is -2.11. The van der Waals surface area contributed by atoms with Crippen LogP contribution in [-0.4, -0.2) is 33.8 Å². The second-order valence-corrected chi connectivity index (χ2v) is 6.65. The van der Waals surface area contributed by atoms with Crippen LogP contribution in [0.15, 0.2) is 29.4 Å². The van der Waals surface area contributed by atoms with Crippen LogP contribution in [-0.2, 0) is 20.0 Å². The van der Waals surface area contributed by atoms with Crippen LogP contribution in [0.4, 0.5) is 4.39 Å². The number of benzene rings is 1. The van der Waals surface area contributed by atoms with Crippen molar-refractivity contribution in [3.05, 3.63) is 52.7 Å². The van der Waals surface area contributed by atoms with Crippen molar-refractivity contribution in [3.8, 4) is 0 Å². The number of aromatic nitrogens is 3. The van der Waals surface area contributed by atoms with Crippen LogP contribution < -0.4 is 10.6 Å². The third kappa shape index (κ3) is 4.30. The zero-order valence-corrected chi connectivity index (χ0v) is 16.4. The van der Waals surface area contributed by atoms with E-state index in [4.69, 9.17) is 4.99 Å². The number of nitrogens with zero attached hydrogens (tertiary/aromatic N) is 3. The van der Waals surface area contributed by atoms with E-state index in [1.165, 1.54) is 12.1 Å². The highest BCUT2D eigenvalue weighted by Gasteiger charge is 2.09. The fourth-order valence-electron chi connectivity index (χ4n) is 3.23. The first kappa shape index (κ1) is 18.9. The number of hydrogen-bond donors (Lipinski definition) is 3. The van der Waals surface area contributed by atoms with Crippen LogP contribution >= 0.6 is 0 Å². The van der Waals surface area contributed by atoms with E-state index in [0.717, 1.165) is 58.9 Å². The van der Waals surface area contributed by atoms with Gasteiger partial charge in [-0.1, -0.05) is 0 Å². The SMILES string of the molecule is CCNC(=NCc1c(C)nn(C)c1C)NCCc1c[nH]c2cc(F)ccc12. The highest BCUT2D eigenvalue weighted by molar-refractivity contribution is 5.83. The summed E-state index contributed by atoms with van der Waals surface area (Å²) in [5.74, 6) is 0.558. The lowest BCUT2D eigenvalue weighted by Crippen LogP contribution is -2.38. The summed E-state index contributed by atoms with van der Waals surface area (Å²) in [5, 5.41) is 12.2. The van der Waals surface area contributed by atoms with Crippen LogP contribution in [0.1, 0.15) is 29.4 Å². The van der Waals surface area contributed by atoms with Gasteiger partial charge in [-0.3, -0.25) is 4.68 Å². The first-order valence-corrected chi connectivity index (χ1v) is 9.26. The Morgan fingerprint density at radius 1 is 1.30 bits per heavy atom. The van der Waals surface area contributed by atoms with Gasteiger partial charge in [0, 0.05) is 48.5 Å². The molecule has 0 fully saturated rings. The molecule has 7 heteroatoms. The lowest BCUT2D eigenvalue weighted by molar-refractivity contribution is 0.629. The summed E-state index contributed by atoms with van der Waals surface area (Å²) in [6.07, 6.45) is 2.76. The number of H-pyrrole nitrogens is 1. The number of aryl methyl sites for hydroxylation is 2. The van der Waals surface area contributed by atoms with Crippen molar-refractivity contribution in [3.63, 3.8) is 0 Å². The minimum absolute atomic E-state index is 0.225. The molecule has 6 nitrogen and oxygen atoms in total. The molecule has 0 radical (unpaired) electrons. The third-order valence-corrected chi connectivity index (χ3v) is 4.81. The maximum atomic E-state index is 13.3. The van der Waals surface area contributed by atoms with E-state index in [1.54, 1.807) is 0 Å². The monoisotopic (exact) mass is 370 g/mol. The Hall–Kier alpha value is -2.83. The number of aromatic amines is 1. The van der Waals surface area contributed by atoms with Gasteiger partial charge in [0.1, 0.15) is 5.82 Å². The van der Waals surface area contributed by atoms with Gasteiger partial charge in [0.25, 0.3) is 0 Å². The summed E-state index contributed by atoms with van der Waals surface area (Å²) in [7, 11) is 1.95. The molecule has 3 N–H and O–H groups in total. The molecule has 0 aliphatic rings. The lowest BCUT2D eigenvalue weighted by atomic mass is 10.1. The summed E-state index contributed by atoms with van der Waals surface area (Å²) in [4.78, 5) is 7.83. The third-order valence-electron chi connectivity index (χ3n) is 4.81. The van der Waals surface area contributed by atoms with Gasteiger partial charge in [0.05, 0.1) is 12.2 Å². The number of fused-ring (bicyclic) bond motifs is 1. The predicted molar refractivity (Wildman–Crippen MR) is 107 cm³/mol. The molecule has 0 aliphatic heterocycles. The molecule has 2 aromatic heterocycles. The average molecular weight is 370 g/mol. The minimum Gasteiger partial charge on any atom is -0.361 e. The number of nitrogens with one attached hydrogen (secondary N) is 3. The molecule has 144 valence electrons. The van der Waals surface area contributed by atoms with Gasteiger partial charge in [-0.2, -0.15) is 5.10 Å². The number of aliphatic imine (C=N–C) groups is 1. The highest BCUT2D eigenvalue weighted by atomic mass is 19.1. The average Bonchev–Trinajstić information content (AvgIpc) is 3.13. The Labute approximate surface area is 158 Å². The van der Waals surface area contributed by atoms with E-state index in [-0.39, 0.29) is 5.82 Å². The summed E-state index contributed by atoms with van der Waals surface area (Å²) >= 11 is 0. The van der Waals surface area contributed by atoms with E-state index in [1.807, 2.05) is 37.8 Å². The molecule has 2 heterocycles. The number of guanidine groups is 1. The molecule has 0 bridgehead atoms. The van der Waals surface area contributed by atoms with E-state index in [0.29, 0.717) is 6.54 Å². The van der Waals surface area contributed by atoms with Gasteiger partial charge in [0.15, 0.2) is 5.96 Å². The molecule has 0 saturated carbocycles. The van der Waals surface area contributed by atoms with Crippen molar-refractivity contribution < 1.29 is 4.39 Å². The molecule has 0 atom stereocenters. The van der Waals surface area contributed by atoms with E-state index in [9.17, 15) is 4.39 Å². The maximum Gasteiger partial charge on any atom is 0.191 e. The van der Waals surface area contributed by atoms with Crippen molar-refractivity contribution in [1.82, 2.24) is 25.4 Å².